The molecule has 0 spiro atoms. The van der Waals surface area contributed by atoms with Gasteiger partial charge in [0.05, 0.1) is 4.90 Å². The first-order valence-corrected chi connectivity index (χ1v) is 6.61. The quantitative estimate of drug-likeness (QED) is 0.836. The van der Waals surface area contributed by atoms with Gasteiger partial charge in [-0.2, -0.15) is 0 Å². The topological polar surface area (TPSA) is 69.4 Å². The average molecular weight is 277 g/mol. The molecular formula is C11H13F2NO3S. The molecule has 0 aromatic heterocycles. The van der Waals surface area contributed by atoms with E-state index in [1.807, 2.05) is 6.92 Å². The van der Waals surface area contributed by atoms with Crippen LogP contribution in [-0.4, -0.2) is 15.0 Å². The van der Waals surface area contributed by atoms with Crippen LogP contribution < -0.4 is 9.88 Å². The maximum Gasteiger partial charge on any atom is 0.238 e. The molecule has 0 aliphatic rings. The van der Waals surface area contributed by atoms with Crippen molar-refractivity contribution in [1.82, 2.24) is 0 Å². The molecule has 4 nitrogen and oxygen atoms in total. The highest BCUT2D eigenvalue weighted by Gasteiger charge is 2.18. The third-order valence-electron chi connectivity index (χ3n) is 2.22. The van der Waals surface area contributed by atoms with E-state index in [0.29, 0.717) is 24.1 Å². The number of halogens is 2. The molecule has 0 bridgehead atoms. The Hall–Kier alpha value is -1.47. The lowest BCUT2D eigenvalue weighted by atomic mass is 10.2. The lowest BCUT2D eigenvalue weighted by molar-refractivity contribution is 0.309. The van der Waals surface area contributed by atoms with Crippen LogP contribution in [0.25, 0.3) is 0 Å². The van der Waals surface area contributed by atoms with Crippen molar-refractivity contribution in [1.29, 1.82) is 0 Å². The molecule has 0 unspecified atom stereocenters. The minimum atomic E-state index is -4.15. The highest BCUT2D eigenvalue weighted by molar-refractivity contribution is 7.89. The first-order chi connectivity index (χ1) is 8.25. The summed E-state index contributed by atoms with van der Waals surface area (Å²) in [6, 6.07) is 1.23. The number of benzene rings is 1. The minimum Gasteiger partial charge on any atom is -0.483 e. The molecule has 0 saturated heterocycles. The fourth-order valence-electron chi connectivity index (χ4n) is 1.12. The molecule has 1 aromatic rings. The number of sulfonamides is 1. The fraction of sp³-hybridized carbons (Fsp3) is 0.273. The lowest BCUT2D eigenvalue weighted by Gasteiger charge is -2.10. The van der Waals surface area contributed by atoms with Gasteiger partial charge in [-0.05, 0) is 24.1 Å². The summed E-state index contributed by atoms with van der Waals surface area (Å²) < 4.78 is 53.8. The molecule has 0 aliphatic heterocycles. The standard InChI is InChI=1S/C11H13F2NO3S/c1-3-7(2)6-17-11-9(12)4-8(5-10(11)13)18(14,15)16/h4-5H,2-3,6H2,1H3,(H2,14,15,16). The van der Waals surface area contributed by atoms with Gasteiger partial charge in [0, 0.05) is 0 Å². The van der Waals surface area contributed by atoms with Gasteiger partial charge in [-0.25, -0.2) is 22.3 Å². The second-order valence-corrected chi connectivity index (χ2v) is 5.21. The van der Waals surface area contributed by atoms with E-state index < -0.39 is 32.3 Å². The molecule has 7 heteroatoms. The van der Waals surface area contributed by atoms with Gasteiger partial charge in [-0.15, -0.1) is 0 Å². The van der Waals surface area contributed by atoms with Crippen molar-refractivity contribution in [2.75, 3.05) is 6.61 Å². The Morgan fingerprint density at radius 2 is 1.89 bits per heavy atom. The molecule has 1 rings (SSSR count). The second-order valence-electron chi connectivity index (χ2n) is 3.65. The van der Waals surface area contributed by atoms with Crippen LogP contribution in [0.15, 0.2) is 29.2 Å². The Morgan fingerprint density at radius 1 is 1.39 bits per heavy atom. The Labute approximate surface area is 104 Å². The Bertz CT molecular complexity index is 547. The zero-order valence-electron chi connectivity index (χ0n) is 9.74. The van der Waals surface area contributed by atoms with Crippen molar-refractivity contribution in [3.05, 3.63) is 35.9 Å². The van der Waals surface area contributed by atoms with Crippen molar-refractivity contribution < 1.29 is 21.9 Å². The normalized spacial score (nSPS) is 11.3. The average Bonchev–Trinajstić information content (AvgIpc) is 2.26. The molecule has 0 radical (unpaired) electrons. The summed E-state index contributed by atoms with van der Waals surface area (Å²) in [7, 11) is -4.15. The maximum absolute atomic E-state index is 13.5. The number of hydrogen-bond donors (Lipinski definition) is 1. The van der Waals surface area contributed by atoms with Crippen molar-refractivity contribution in [2.45, 2.75) is 18.2 Å². The Morgan fingerprint density at radius 3 is 2.28 bits per heavy atom. The molecule has 0 heterocycles. The number of primary sulfonamides is 1. The van der Waals surface area contributed by atoms with Crippen LogP contribution in [-0.2, 0) is 10.0 Å². The van der Waals surface area contributed by atoms with Crippen LogP contribution in [0.5, 0.6) is 5.75 Å². The van der Waals surface area contributed by atoms with Crippen LogP contribution in [0, 0.1) is 11.6 Å². The molecular weight excluding hydrogens is 264 g/mol. The van der Waals surface area contributed by atoms with E-state index in [4.69, 9.17) is 9.88 Å². The van der Waals surface area contributed by atoms with E-state index in [2.05, 4.69) is 6.58 Å². The highest BCUT2D eigenvalue weighted by Crippen LogP contribution is 2.25. The summed E-state index contributed by atoms with van der Waals surface area (Å²) in [4.78, 5) is -0.640. The van der Waals surface area contributed by atoms with Crippen molar-refractivity contribution in [3.8, 4) is 5.75 Å². The van der Waals surface area contributed by atoms with Gasteiger partial charge in [0.2, 0.25) is 10.0 Å². The molecule has 0 amide bonds. The summed E-state index contributed by atoms with van der Waals surface area (Å²) in [6.45, 7) is 5.40. The van der Waals surface area contributed by atoms with Crippen LogP contribution in [0.4, 0.5) is 8.78 Å². The first kappa shape index (κ1) is 14.6. The SMILES string of the molecule is C=C(CC)COc1c(F)cc(S(N)(=O)=O)cc1F. The van der Waals surface area contributed by atoms with Crippen LogP contribution in [0.1, 0.15) is 13.3 Å². The molecule has 0 atom stereocenters. The van der Waals surface area contributed by atoms with E-state index in [9.17, 15) is 17.2 Å². The monoisotopic (exact) mass is 277 g/mol. The van der Waals surface area contributed by atoms with Crippen molar-refractivity contribution >= 4 is 10.0 Å². The van der Waals surface area contributed by atoms with Gasteiger partial charge in [0.1, 0.15) is 6.61 Å². The number of hydrogen-bond acceptors (Lipinski definition) is 3. The maximum atomic E-state index is 13.5. The van der Waals surface area contributed by atoms with Crippen LogP contribution in [0.3, 0.4) is 0 Å². The third kappa shape index (κ3) is 3.51. The van der Waals surface area contributed by atoms with Gasteiger partial charge in [0.15, 0.2) is 17.4 Å². The Kier molecular flexibility index (Phi) is 4.42. The van der Waals surface area contributed by atoms with E-state index >= 15 is 0 Å². The zero-order valence-corrected chi connectivity index (χ0v) is 10.6. The van der Waals surface area contributed by atoms with E-state index in [0.717, 1.165) is 0 Å². The predicted molar refractivity (Wildman–Crippen MR) is 62.7 cm³/mol. The molecule has 100 valence electrons. The Balaban J connectivity index is 3.06. The number of nitrogens with two attached hydrogens (primary N) is 1. The van der Waals surface area contributed by atoms with Crippen LogP contribution in [0.2, 0.25) is 0 Å². The summed E-state index contributed by atoms with van der Waals surface area (Å²) >= 11 is 0. The molecule has 18 heavy (non-hydrogen) atoms. The predicted octanol–water partition coefficient (Wildman–Crippen LogP) is 1.96. The van der Waals surface area contributed by atoms with E-state index in [1.165, 1.54) is 0 Å². The van der Waals surface area contributed by atoms with Crippen molar-refractivity contribution in [3.63, 3.8) is 0 Å². The minimum absolute atomic E-state index is 0.0426. The summed E-state index contributed by atoms with van der Waals surface area (Å²) in [6.07, 6.45) is 0.610. The summed E-state index contributed by atoms with van der Waals surface area (Å²) in [5.41, 5.74) is 0.657. The van der Waals surface area contributed by atoms with Gasteiger partial charge in [0.25, 0.3) is 0 Å². The molecule has 0 aliphatic carbocycles. The number of ether oxygens (including phenoxy) is 1. The smallest absolute Gasteiger partial charge is 0.238 e. The van der Waals surface area contributed by atoms with E-state index in [-0.39, 0.29) is 6.61 Å². The fourth-order valence-corrected chi connectivity index (χ4v) is 1.65. The largest absolute Gasteiger partial charge is 0.483 e. The lowest BCUT2D eigenvalue weighted by Crippen LogP contribution is -2.13. The molecule has 0 saturated carbocycles. The molecule has 1 aromatic carbocycles. The second kappa shape index (κ2) is 5.45. The highest BCUT2D eigenvalue weighted by atomic mass is 32.2. The summed E-state index contributed by atoms with van der Waals surface area (Å²) in [5.74, 6) is -2.89. The van der Waals surface area contributed by atoms with Crippen LogP contribution >= 0.6 is 0 Å². The van der Waals surface area contributed by atoms with Gasteiger partial charge >= 0.3 is 0 Å². The zero-order chi connectivity index (χ0) is 13.9. The summed E-state index contributed by atoms with van der Waals surface area (Å²) in [5, 5.41) is 4.77. The van der Waals surface area contributed by atoms with Gasteiger partial charge in [-0.3, -0.25) is 0 Å². The third-order valence-corrected chi connectivity index (χ3v) is 3.11. The van der Waals surface area contributed by atoms with E-state index in [1.54, 1.807) is 0 Å². The number of rotatable bonds is 5. The molecule has 0 fully saturated rings. The van der Waals surface area contributed by atoms with Gasteiger partial charge < -0.3 is 4.74 Å². The molecule has 2 N–H and O–H groups in total. The van der Waals surface area contributed by atoms with Crippen molar-refractivity contribution in [2.24, 2.45) is 5.14 Å². The first-order valence-electron chi connectivity index (χ1n) is 5.07. The van der Waals surface area contributed by atoms with Gasteiger partial charge in [-0.1, -0.05) is 13.5 Å².